The summed E-state index contributed by atoms with van der Waals surface area (Å²) < 4.78 is 5.44. The summed E-state index contributed by atoms with van der Waals surface area (Å²) in [5, 5.41) is 1.20. The maximum absolute atomic E-state index is 5.44. The lowest BCUT2D eigenvalue weighted by Gasteiger charge is -2.12. The molecule has 1 aliphatic carbocycles. The minimum Gasteiger partial charge on any atom is -0.481 e. The number of benzene rings is 2. The van der Waals surface area contributed by atoms with E-state index in [9.17, 15) is 0 Å². The molecule has 4 bridgehead atoms. The standard InChI is InChI=1S/C23H23NO/c1-16-5-3-6-18-11-12-22-21(14-18)20(15-23(24-22)25-2)19-8-4-7-17(13-19)10-9-16/h4-5,7-8,11-15H,3,6,9-10H2,1-2H3/b16-5+. The molecule has 1 aromatic heterocycles. The van der Waals surface area contributed by atoms with Gasteiger partial charge in [0.05, 0.1) is 12.6 Å². The van der Waals surface area contributed by atoms with E-state index >= 15 is 0 Å². The Labute approximate surface area is 149 Å². The molecule has 0 unspecified atom stereocenters. The van der Waals surface area contributed by atoms with Crippen molar-refractivity contribution in [3.05, 3.63) is 71.3 Å². The predicted octanol–water partition coefficient (Wildman–Crippen LogP) is 5.74. The SMILES string of the molecule is COc1cc2c3cc(ccc3n1)CC/C=C(\C)CCc1cccc-2c1. The molecule has 4 rings (SSSR count). The largest absolute Gasteiger partial charge is 0.481 e. The van der Waals surface area contributed by atoms with Crippen molar-refractivity contribution in [3.8, 4) is 17.0 Å². The van der Waals surface area contributed by atoms with Gasteiger partial charge < -0.3 is 4.74 Å². The maximum Gasteiger partial charge on any atom is 0.214 e. The lowest BCUT2D eigenvalue weighted by atomic mass is 9.96. The number of nitrogens with zero attached hydrogens (tertiary/aromatic N) is 1. The molecule has 0 spiro atoms. The molecule has 0 atom stereocenters. The first kappa shape index (κ1) is 15.9. The fourth-order valence-corrected chi connectivity index (χ4v) is 3.57. The monoisotopic (exact) mass is 329 g/mol. The first-order valence-electron chi connectivity index (χ1n) is 8.95. The van der Waals surface area contributed by atoms with Crippen LogP contribution in [0.3, 0.4) is 0 Å². The van der Waals surface area contributed by atoms with Crippen molar-refractivity contribution in [2.75, 3.05) is 7.11 Å². The zero-order valence-corrected chi connectivity index (χ0v) is 14.9. The highest BCUT2D eigenvalue weighted by Gasteiger charge is 2.11. The molecule has 0 aliphatic heterocycles. The third-order valence-corrected chi connectivity index (χ3v) is 5.03. The molecule has 25 heavy (non-hydrogen) atoms. The molecule has 2 heteroatoms. The number of pyridine rings is 1. The zero-order valence-electron chi connectivity index (χ0n) is 14.9. The molecule has 2 nitrogen and oxygen atoms in total. The summed E-state index contributed by atoms with van der Waals surface area (Å²) in [5.41, 5.74) is 7.65. The number of fused-ring (bicyclic) bond motifs is 4. The highest BCUT2D eigenvalue weighted by molar-refractivity contribution is 5.95. The number of rotatable bonds is 1. The summed E-state index contributed by atoms with van der Waals surface area (Å²) in [6, 6.07) is 17.6. The van der Waals surface area contributed by atoms with Gasteiger partial charge in [-0.05, 0) is 67.0 Å². The fourth-order valence-electron chi connectivity index (χ4n) is 3.57. The number of aromatic nitrogens is 1. The van der Waals surface area contributed by atoms with Gasteiger partial charge in [-0.3, -0.25) is 0 Å². The minimum absolute atomic E-state index is 0.669. The number of methoxy groups -OCH3 is 1. The van der Waals surface area contributed by atoms with Gasteiger partial charge in [0, 0.05) is 11.5 Å². The van der Waals surface area contributed by atoms with Crippen LogP contribution in [-0.2, 0) is 12.8 Å². The van der Waals surface area contributed by atoms with E-state index in [1.165, 1.54) is 33.2 Å². The predicted molar refractivity (Wildman–Crippen MR) is 104 cm³/mol. The molecular formula is C23H23NO. The summed E-state index contributed by atoms with van der Waals surface area (Å²) in [7, 11) is 1.68. The first-order chi connectivity index (χ1) is 12.2. The molecule has 3 aromatic rings. The van der Waals surface area contributed by atoms with Crippen molar-refractivity contribution in [3.63, 3.8) is 0 Å². The third-order valence-electron chi connectivity index (χ3n) is 5.03. The van der Waals surface area contributed by atoms with Crippen molar-refractivity contribution in [2.45, 2.75) is 32.6 Å². The van der Waals surface area contributed by atoms with E-state index in [-0.39, 0.29) is 0 Å². The number of hydrogen-bond donors (Lipinski definition) is 0. The molecule has 2 aromatic carbocycles. The summed E-state index contributed by atoms with van der Waals surface area (Å²) in [6.07, 6.45) is 6.75. The van der Waals surface area contributed by atoms with E-state index < -0.39 is 0 Å². The quantitative estimate of drug-likeness (QED) is 0.531. The number of ether oxygens (including phenoxy) is 1. The van der Waals surface area contributed by atoms with Crippen molar-refractivity contribution in [2.24, 2.45) is 0 Å². The Morgan fingerprint density at radius 3 is 2.68 bits per heavy atom. The van der Waals surface area contributed by atoms with Gasteiger partial charge in [-0.2, -0.15) is 0 Å². The van der Waals surface area contributed by atoms with E-state index in [4.69, 9.17) is 4.74 Å². The molecule has 0 N–H and O–H groups in total. The second kappa shape index (κ2) is 6.72. The molecule has 0 saturated carbocycles. The van der Waals surface area contributed by atoms with Crippen molar-refractivity contribution in [1.82, 2.24) is 4.98 Å². The van der Waals surface area contributed by atoms with E-state index in [0.29, 0.717) is 5.88 Å². The van der Waals surface area contributed by atoms with Crippen LogP contribution in [0.25, 0.3) is 22.0 Å². The molecule has 1 aliphatic rings. The molecular weight excluding hydrogens is 306 g/mol. The molecule has 0 amide bonds. The van der Waals surface area contributed by atoms with Gasteiger partial charge in [0.15, 0.2) is 0 Å². The van der Waals surface area contributed by atoms with Gasteiger partial charge in [0.2, 0.25) is 5.88 Å². The van der Waals surface area contributed by atoms with Crippen LogP contribution >= 0.6 is 0 Å². The average Bonchev–Trinajstić information content (AvgIpc) is 2.65. The zero-order chi connectivity index (χ0) is 17.2. The van der Waals surface area contributed by atoms with Crippen molar-refractivity contribution >= 4 is 10.9 Å². The molecule has 0 saturated heterocycles. The Balaban J connectivity index is 1.96. The van der Waals surface area contributed by atoms with E-state index in [1.807, 2.05) is 0 Å². The van der Waals surface area contributed by atoms with E-state index in [0.717, 1.165) is 31.2 Å². The summed E-state index contributed by atoms with van der Waals surface area (Å²) in [4.78, 5) is 4.63. The van der Waals surface area contributed by atoms with Gasteiger partial charge in [-0.1, -0.05) is 42.0 Å². The maximum atomic E-state index is 5.44. The fraction of sp³-hybridized carbons (Fsp3) is 0.261. The lowest BCUT2D eigenvalue weighted by molar-refractivity contribution is 0.400. The number of aryl methyl sites for hydroxylation is 2. The van der Waals surface area contributed by atoms with Gasteiger partial charge in [-0.15, -0.1) is 0 Å². The van der Waals surface area contributed by atoms with Gasteiger partial charge in [-0.25, -0.2) is 4.98 Å². The number of allylic oxidation sites excluding steroid dienone is 2. The van der Waals surface area contributed by atoms with Crippen molar-refractivity contribution in [1.29, 1.82) is 0 Å². The molecule has 126 valence electrons. The number of hydrogen-bond acceptors (Lipinski definition) is 2. The summed E-state index contributed by atoms with van der Waals surface area (Å²) in [6.45, 7) is 2.25. The Morgan fingerprint density at radius 2 is 1.80 bits per heavy atom. The smallest absolute Gasteiger partial charge is 0.214 e. The van der Waals surface area contributed by atoms with Crippen LogP contribution in [0.2, 0.25) is 0 Å². The Hall–Kier alpha value is -2.61. The van der Waals surface area contributed by atoms with E-state index in [1.54, 1.807) is 7.11 Å². The Bertz CT molecular complexity index is 955. The Morgan fingerprint density at radius 1 is 0.920 bits per heavy atom. The first-order valence-corrected chi connectivity index (χ1v) is 8.95. The van der Waals surface area contributed by atoms with E-state index in [2.05, 4.69) is 66.5 Å². The normalized spacial score (nSPS) is 16.5. The van der Waals surface area contributed by atoms with Crippen LogP contribution in [0.4, 0.5) is 0 Å². The highest BCUT2D eigenvalue weighted by Crippen LogP contribution is 2.33. The average molecular weight is 329 g/mol. The molecule has 1 heterocycles. The topological polar surface area (TPSA) is 22.1 Å². The van der Waals surface area contributed by atoms with Gasteiger partial charge >= 0.3 is 0 Å². The minimum atomic E-state index is 0.669. The lowest BCUT2D eigenvalue weighted by Crippen LogP contribution is -1.93. The molecule has 0 fully saturated rings. The van der Waals surface area contributed by atoms with Crippen LogP contribution < -0.4 is 4.74 Å². The second-order valence-electron chi connectivity index (χ2n) is 6.85. The second-order valence-corrected chi connectivity index (χ2v) is 6.85. The summed E-state index contributed by atoms with van der Waals surface area (Å²) in [5.74, 6) is 0.669. The van der Waals surface area contributed by atoms with Crippen LogP contribution in [0, 0.1) is 0 Å². The highest BCUT2D eigenvalue weighted by atomic mass is 16.5. The van der Waals surface area contributed by atoms with Crippen LogP contribution in [0.5, 0.6) is 5.88 Å². The third kappa shape index (κ3) is 3.30. The van der Waals surface area contributed by atoms with Gasteiger partial charge in [0.25, 0.3) is 0 Å². The molecule has 0 radical (unpaired) electrons. The van der Waals surface area contributed by atoms with Gasteiger partial charge in [0.1, 0.15) is 0 Å². The van der Waals surface area contributed by atoms with Crippen LogP contribution in [0.1, 0.15) is 30.9 Å². The van der Waals surface area contributed by atoms with Crippen LogP contribution in [-0.4, -0.2) is 12.1 Å². The summed E-state index contributed by atoms with van der Waals surface area (Å²) >= 11 is 0. The van der Waals surface area contributed by atoms with Crippen LogP contribution in [0.15, 0.2) is 60.2 Å². The Kier molecular flexibility index (Phi) is 4.27. The van der Waals surface area contributed by atoms with Crippen molar-refractivity contribution < 1.29 is 4.74 Å².